The van der Waals surface area contributed by atoms with Crippen molar-refractivity contribution in [1.29, 1.82) is 0 Å². The van der Waals surface area contributed by atoms with Crippen molar-refractivity contribution in [3.8, 4) is 0 Å². The van der Waals surface area contributed by atoms with Crippen LogP contribution in [0.4, 0.5) is 0 Å². The molecular weight excluding hydrogens is 174 g/mol. The Balaban J connectivity index is 2.40. The van der Waals surface area contributed by atoms with Gasteiger partial charge in [0, 0.05) is 0 Å². The average Bonchev–Trinajstić information content (AvgIpc) is 2.27. The molecule has 1 aromatic carbocycles. The number of aliphatic hydroxyl groups excluding tert-OH is 1. The summed E-state index contributed by atoms with van der Waals surface area (Å²) in [5, 5.41) is 12.5. The van der Waals surface area contributed by atoms with Crippen LogP contribution in [0.1, 0.15) is 22.7 Å². The minimum atomic E-state index is 0.109. The van der Waals surface area contributed by atoms with Crippen LogP contribution in [0.25, 0.3) is 6.08 Å². The van der Waals surface area contributed by atoms with Crippen molar-refractivity contribution < 1.29 is 5.11 Å². The summed E-state index contributed by atoms with van der Waals surface area (Å²) in [5.74, 6) is 0. The second-order valence-corrected chi connectivity index (χ2v) is 3.60. The number of hydrogen-bond donors (Lipinski definition) is 2. The molecule has 2 rings (SSSR count). The molecule has 1 aliphatic rings. The minimum Gasteiger partial charge on any atom is -0.394 e. The van der Waals surface area contributed by atoms with Crippen LogP contribution in [0.3, 0.4) is 0 Å². The highest BCUT2D eigenvalue weighted by Crippen LogP contribution is 2.23. The first-order valence-electron chi connectivity index (χ1n) is 4.94. The lowest BCUT2D eigenvalue weighted by molar-refractivity contribution is 0.240. The van der Waals surface area contributed by atoms with Gasteiger partial charge in [-0.1, -0.05) is 30.9 Å². The van der Waals surface area contributed by atoms with Gasteiger partial charge in [0.1, 0.15) is 0 Å². The van der Waals surface area contributed by atoms with Gasteiger partial charge in [-0.2, -0.15) is 0 Å². The summed E-state index contributed by atoms with van der Waals surface area (Å²) < 4.78 is 0. The maximum atomic E-state index is 9.18. The Morgan fingerprint density at radius 1 is 1.57 bits per heavy atom. The summed E-state index contributed by atoms with van der Waals surface area (Å²) in [7, 11) is 0. The lowest BCUT2D eigenvalue weighted by Crippen LogP contribution is -2.32. The predicted octanol–water partition coefficient (Wildman–Crippen LogP) is 1.51. The fourth-order valence-electron chi connectivity index (χ4n) is 1.96. The van der Waals surface area contributed by atoms with Crippen molar-refractivity contribution in [3.05, 3.63) is 41.5 Å². The molecule has 2 N–H and O–H groups in total. The van der Waals surface area contributed by atoms with Crippen molar-refractivity contribution in [1.82, 2.24) is 5.32 Å². The molecule has 0 radical (unpaired) electrons. The molecule has 0 unspecified atom stereocenters. The second-order valence-electron chi connectivity index (χ2n) is 3.60. The molecule has 0 fully saturated rings. The van der Waals surface area contributed by atoms with Gasteiger partial charge in [-0.3, -0.25) is 0 Å². The zero-order valence-electron chi connectivity index (χ0n) is 8.16. The van der Waals surface area contributed by atoms with Gasteiger partial charge < -0.3 is 10.4 Å². The van der Waals surface area contributed by atoms with Crippen LogP contribution in [0.2, 0.25) is 0 Å². The third-order valence-electron chi connectivity index (χ3n) is 2.75. The molecule has 0 saturated carbocycles. The van der Waals surface area contributed by atoms with E-state index in [9.17, 15) is 5.11 Å². The van der Waals surface area contributed by atoms with Gasteiger partial charge >= 0.3 is 0 Å². The van der Waals surface area contributed by atoms with E-state index in [1.807, 2.05) is 12.1 Å². The van der Waals surface area contributed by atoms with E-state index < -0.39 is 0 Å². The molecule has 1 aliphatic heterocycles. The molecule has 0 aliphatic carbocycles. The summed E-state index contributed by atoms with van der Waals surface area (Å²) >= 11 is 0. The van der Waals surface area contributed by atoms with Crippen LogP contribution < -0.4 is 5.32 Å². The van der Waals surface area contributed by atoms with E-state index in [-0.39, 0.29) is 12.6 Å². The minimum absolute atomic E-state index is 0.109. The maximum absolute atomic E-state index is 9.18. The van der Waals surface area contributed by atoms with E-state index in [4.69, 9.17) is 0 Å². The summed E-state index contributed by atoms with van der Waals surface area (Å²) in [4.78, 5) is 0. The van der Waals surface area contributed by atoms with E-state index in [2.05, 4.69) is 24.0 Å². The number of nitrogens with one attached hydrogen (secondary N) is 1. The normalized spacial score (nSPS) is 20.2. The fourth-order valence-corrected chi connectivity index (χ4v) is 1.96. The van der Waals surface area contributed by atoms with Crippen LogP contribution in [-0.4, -0.2) is 18.3 Å². The number of aliphatic hydroxyl groups is 1. The van der Waals surface area contributed by atoms with E-state index in [0.717, 1.165) is 18.5 Å². The van der Waals surface area contributed by atoms with Gasteiger partial charge in [0.05, 0.1) is 12.6 Å². The van der Waals surface area contributed by atoms with Gasteiger partial charge in [-0.15, -0.1) is 0 Å². The van der Waals surface area contributed by atoms with Gasteiger partial charge in [-0.05, 0) is 29.7 Å². The standard InChI is InChI=1S/C12H15NO/c1-2-9-3-4-11-10(7-9)5-6-13-12(11)8-14/h2-4,7,12-14H,1,5-6,8H2/t12-/m1/s1. The monoisotopic (exact) mass is 189 g/mol. The predicted molar refractivity (Wildman–Crippen MR) is 58.1 cm³/mol. The fraction of sp³-hybridized carbons (Fsp3) is 0.333. The smallest absolute Gasteiger partial charge is 0.0626 e. The Labute approximate surface area is 84.3 Å². The maximum Gasteiger partial charge on any atom is 0.0626 e. The number of rotatable bonds is 2. The summed E-state index contributed by atoms with van der Waals surface area (Å²) in [6.07, 6.45) is 2.89. The molecular formula is C12H15NO. The van der Waals surface area contributed by atoms with E-state index in [1.54, 1.807) is 0 Å². The largest absolute Gasteiger partial charge is 0.394 e. The van der Waals surface area contributed by atoms with Gasteiger partial charge in [-0.25, -0.2) is 0 Å². The molecule has 1 aromatic rings. The van der Waals surface area contributed by atoms with Crippen LogP contribution >= 0.6 is 0 Å². The number of benzene rings is 1. The van der Waals surface area contributed by atoms with Gasteiger partial charge in [0.25, 0.3) is 0 Å². The molecule has 0 amide bonds. The number of fused-ring (bicyclic) bond motifs is 1. The molecule has 74 valence electrons. The first-order valence-corrected chi connectivity index (χ1v) is 4.94. The lowest BCUT2D eigenvalue weighted by atomic mass is 9.93. The molecule has 0 bridgehead atoms. The van der Waals surface area contributed by atoms with E-state index >= 15 is 0 Å². The van der Waals surface area contributed by atoms with Crippen LogP contribution in [0.5, 0.6) is 0 Å². The SMILES string of the molecule is C=Cc1ccc2c(c1)CCN[C@@H]2CO. The van der Waals surface area contributed by atoms with Crippen molar-refractivity contribution in [3.63, 3.8) is 0 Å². The van der Waals surface area contributed by atoms with E-state index in [1.165, 1.54) is 11.1 Å². The summed E-state index contributed by atoms with van der Waals surface area (Å²) in [6.45, 7) is 4.86. The first-order chi connectivity index (χ1) is 6.85. The Morgan fingerprint density at radius 3 is 3.14 bits per heavy atom. The van der Waals surface area contributed by atoms with Crippen LogP contribution in [-0.2, 0) is 6.42 Å². The Bertz CT molecular complexity index is 346. The molecule has 2 heteroatoms. The Hall–Kier alpha value is -1.12. The quantitative estimate of drug-likeness (QED) is 0.739. The first kappa shape index (κ1) is 9.44. The highest BCUT2D eigenvalue weighted by Gasteiger charge is 2.18. The third kappa shape index (κ3) is 1.59. The molecule has 0 spiro atoms. The molecule has 1 heterocycles. The molecule has 0 aromatic heterocycles. The van der Waals surface area contributed by atoms with Crippen molar-refractivity contribution >= 4 is 6.08 Å². The van der Waals surface area contributed by atoms with Gasteiger partial charge in [0.2, 0.25) is 0 Å². The third-order valence-corrected chi connectivity index (χ3v) is 2.75. The zero-order chi connectivity index (χ0) is 9.97. The molecule has 14 heavy (non-hydrogen) atoms. The topological polar surface area (TPSA) is 32.3 Å². The molecule has 0 saturated heterocycles. The van der Waals surface area contributed by atoms with Crippen molar-refractivity contribution in [2.24, 2.45) is 0 Å². The Kier molecular flexibility index (Phi) is 2.66. The highest BCUT2D eigenvalue weighted by molar-refractivity contribution is 5.51. The average molecular weight is 189 g/mol. The van der Waals surface area contributed by atoms with Crippen molar-refractivity contribution in [2.75, 3.05) is 13.2 Å². The van der Waals surface area contributed by atoms with Crippen molar-refractivity contribution in [2.45, 2.75) is 12.5 Å². The van der Waals surface area contributed by atoms with Crippen LogP contribution in [0, 0.1) is 0 Å². The van der Waals surface area contributed by atoms with Crippen LogP contribution in [0.15, 0.2) is 24.8 Å². The zero-order valence-corrected chi connectivity index (χ0v) is 8.16. The summed E-state index contributed by atoms with van der Waals surface area (Å²) in [6, 6.07) is 6.39. The van der Waals surface area contributed by atoms with Gasteiger partial charge in [0.15, 0.2) is 0 Å². The number of hydrogen-bond acceptors (Lipinski definition) is 2. The highest BCUT2D eigenvalue weighted by atomic mass is 16.3. The van der Waals surface area contributed by atoms with E-state index in [0.29, 0.717) is 0 Å². The lowest BCUT2D eigenvalue weighted by Gasteiger charge is -2.25. The summed E-state index contributed by atoms with van der Waals surface area (Å²) in [5.41, 5.74) is 3.71. The Morgan fingerprint density at radius 2 is 2.43 bits per heavy atom. The molecule has 2 nitrogen and oxygen atoms in total. The second kappa shape index (κ2) is 3.95. The molecule has 1 atom stereocenters.